The van der Waals surface area contributed by atoms with Crippen molar-refractivity contribution in [1.29, 1.82) is 0 Å². The summed E-state index contributed by atoms with van der Waals surface area (Å²) in [6.45, 7) is 3.50. The summed E-state index contributed by atoms with van der Waals surface area (Å²) < 4.78 is 0. The number of nitrogens with one attached hydrogen (secondary N) is 1. The Bertz CT molecular complexity index is 328. The number of aldehydes is 1. The van der Waals surface area contributed by atoms with Crippen LogP contribution in [0.1, 0.15) is 30.8 Å². The van der Waals surface area contributed by atoms with Crippen LogP contribution in [0.2, 0.25) is 0 Å². The number of H-pyrrole nitrogens is 1. The molecular weight excluding hydrogens is 196 g/mol. The third-order valence-electron chi connectivity index (χ3n) is 1.49. The van der Waals surface area contributed by atoms with Gasteiger partial charge in [-0.05, 0) is 13.3 Å². The van der Waals surface area contributed by atoms with E-state index in [0.717, 1.165) is 6.42 Å². The lowest BCUT2D eigenvalue weighted by molar-refractivity contribution is -0.132. The summed E-state index contributed by atoms with van der Waals surface area (Å²) in [6, 6.07) is 0. The summed E-state index contributed by atoms with van der Waals surface area (Å²) in [5, 5.41) is 8.24. The zero-order valence-electron chi connectivity index (χ0n) is 8.73. The molecule has 1 heterocycles. The molecule has 0 unspecified atom stereocenters. The number of rotatable bonds is 3. The number of allylic oxidation sites excluding steroid dienone is 1. The molecular formula is C10H14N2O3. The maximum absolute atomic E-state index is 10.0. The number of carbonyl (C=O) groups is 2. The van der Waals surface area contributed by atoms with Crippen molar-refractivity contribution in [2.75, 3.05) is 0 Å². The van der Waals surface area contributed by atoms with Gasteiger partial charge in [-0.1, -0.05) is 13.0 Å². The van der Waals surface area contributed by atoms with Gasteiger partial charge in [0, 0.05) is 11.8 Å². The highest BCUT2D eigenvalue weighted by Crippen LogP contribution is 1.92. The number of carbonyl (C=O) groups excluding carboxylic acids is 1. The van der Waals surface area contributed by atoms with Crippen molar-refractivity contribution < 1.29 is 14.7 Å². The average Bonchev–Trinajstić information content (AvgIpc) is 2.71. The summed E-state index contributed by atoms with van der Waals surface area (Å²) in [5.74, 6) is -0.827. The van der Waals surface area contributed by atoms with Crippen molar-refractivity contribution in [2.24, 2.45) is 0 Å². The van der Waals surface area contributed by atoms with E-state index in [0.29, 0.717) is 17.6 Å². The molecule has 5 heteroatoms. The molecule has 1 aromatic heterocycles. The van der Waals surface area contributed by atoms with E-state index in [9.17, 15) is 9.59 Å². The number of hydrogen-bond donors (Lipinski definition) is 2. The van der Waals surface area contributed by atoms with E-state index in [2.05, 4.69) is 9.97 Å². The Hall–Kier alpha value is -1.91. The first-order chi connectivity index (χ1) is 7.11. The molecule has 5 nitrogen and oxygen atoms in total. The van der Waals surface area contributed by atoms with E-state index in [1.54, 1.807) is 13.0 Å². The Labute approximate surface area is 87.8 Å². The van der Waals surface area contributed by atoms with E-state index in [1.807, 2.05) is 6.92 Å². The van der Waals surface area contributed by atoms with Crippen LogP contribution in [0.3, 0.4) is 0 Å². The van der Waals surface area contributed by atoms with Gasteiger partial charge in [0.25, 0.3) is 0 Å². The van der Waals surface area contributed by atoms with Crippen LogP contribution < -0.4 is 0 Å². The Morgan fingerprint density at radius 2 is 2.33 bits per heavy atom. The maximum atomic E-state index is 10.0. The highest BCUT2D eigenvalue weighted by Gasteiger charge is 1.94. The van der Waals surface area contributed by atoms with Gasteiger partial charge in [-0.3, -0.25) is 4.79 Å². The molecule has 0 fully saturated rings. The molecule has 0 aliphatic carbocycles. The van der Waals surface area contributed by atoms with Crippen LogP contribution in [-0.4, -0.2) is 27.3 Å². The second-order valence-corrected chi connectivity index (χ2v) is 2.71. The molecule has 0 radical (unpaired) electrons. The van der Waals surface area contributed by atoms with Crippen LogP contribution >= 0.6 is 0 Å². The smallest absolute Gasteiger partial charge is 0.330 e. The fourth-order valence-corrected chi connectivity index (χ4v) is 0.730. The predicted octanol–water partition coefficient (Wildman–Crippen LogP) is 1.65. The Morgan fingerprint density at radius 3 is 2.53 bits per heavy atom. The Balaban J connectivity index is 0.000000262. The normalized spacial score (nSPS) is 10.1. The second-order valence-electron chi connectivity index (χ2n) is 2.71. The van der Waals surface area contributed by atoms with Gasteiger partial charge in [-0.2, -0.15) is 0 Å². The highest BCUT2D eigenvalue weighted by molar-refractivity contribution is 5.85. The molecule has 0 saturated heterocycles. The number of aromatic amines is 1. The van der Waals surface area contributed by atoms with Gasteiger partial charge in [-0.15, -0.1) is 0 Å². The number of carboxylic acid groups (broad SMARTS) is 1. The van der Waals surface area contributed by atoms with Crippen LogP contribution in [0, 0.1) is 0 Å². The van der Waals surface area contributed by atoms with Crippen LogP contribution in [-0.2, 0) is 4.79 Å². The largest absolute Gasteiger partial charge is 0.478 e. The van der Waals surface area contributed by atoms with Gasteiger partial charge < -0.3 is 10.1 Å². The minimum absolute atomic E-state index is 0.424. The first kappa shape index (κ1) is 13.1. The SMILES string of the molecule is CCC=C(C)C(=O)O.O=Cc1c[nH]cn1. The zero-order chi connectivity index (χ0) is 11.7. The number of aliphatic carboxylic acids is 1. The van der Waals surface area contributed by atoms with Crippen LogP contribution in [0.4, 0.5) is 0 Å². The molecule has 0 atom stereocenters. The van der Waals surface area contributed by atoms with Crippen LogP contribution in [0.25, 0.3) is 0 Å². The monoisotopic (exact) mass is 210 g/mol. The van der Waals surface area contributed by atoms with Gasteiger partial charge >= 0.3 is 5.97 Å². The number of nitrogens with zero attached hydrogens (tertiary/aromatic N) is 1. The van der Waals surface area contributed by atoms with Gasteiger partial charge in [0.1, 0.15) is 5.69 Å². The predicted molar refractivity (Wildman–Crippen MR) is 55.7 cm³/mol. The first-order valence-electron chi connectivity index (χ1n) is 4.45. The third kappa shape index (κ3) is 6.20. The Morgan fingerprint density at radius 1 is 1.67 bits per heavy atom. The lowest BCUT2D eigenvalue weighted by Crippen LogP contribution is -1.94. The molecule has 82 valence electrons. The standard InChI is InChI=1S/C6H10O2.C4H4N2O/c1-3-4-5(2)6(7)8;7-2-4-1-5-3-6-4/h4H,3H2,1-2H3,(H,7,8);1-3H,(H,5,6). The van der Waals surface area contributed by atoms with Crippen molar-refractivity contribution in [2.45, 2.75) is 20.3 Å². The number of hydrogen-bond acceptors (Lipinski definition) is 3. The Kier molecular flexibility index (Phi) is 6.54. The number of imidazole rings is 1. The number of aromatic nitrogens is 2. The molecule has 2 N–H and O–H groups in total. The van der Waals surface area contributed by atoms with Crippen LogP contribution in [0.15, 0.2) is 24.2 Å². The minimum Gasteiger partial charge on any atom is -0.478 e. The van der Waals surface area contributed by atoms with E-state index < -0.39 is 5.97 Å². The summed E-state index contributed by atoms with van der Waals surface area (Å²) in [7, 11) is 0. The first-order valence-corrected chi connectivity index (χ1v) is 4.45. The summed E-state index contributed by atoms with van der Waals surface area (Å²) in [6.07, 6.45) is 6.16. The van der Waals surface area contributed by atoms with Crippen molar-refractivity contribution in [3.05, 3.63) is 29.9 Å². The van der Waals surface area contributed by atoms with E-state index in [-0.39, 0.29) is 0 Å². The summed E-state index contributed by atoms with van der Waals surface area (Å²) in [5.41, 5.74) is 0.868. The quantitative estimate of drug-likeness (QED) is 0.587. The minimum atomic E-state index is -0.827. The molecule has 1 aromatic rings. The molecule has 0 saturated carbocycles. The third-order valence-corrected chi connectivity index (χ3v) is 1.49. The molecule has 0 bridgehead atoms. The van der Waals surface area contributed by atoms with E-state index in [4.69, 9.17) is 5.11 Å². The second kappa shape index (κ2) is 7.49. The van der Waals surface area contributed by atoms with Gasteiger partial charge in [0.05, 0.1) is 6.33 Å². The van der Waals surface area contributed by atoms with Crippen molar-refractivity contribution in [3.8, 4) is 0 Å². The molecule has 0 aromatic carbocycles. The lowest BCUT2D eigenvalue weighted by Gasteiger charge is -1.87. The van der Waals surface area contributed by atoms with E-state index in [1.165, 1.54) is 12.5 Å². The summed E-state index contributed by atoms with van der Waals surface area (Å²) in [4.78, 5) is 26.1. The lowest BCUT2D eigenvalue weighted by atomic mass is 10.2. The topological polar surface area (TPSA) is 83.0 Å². The molecule has 0 aliphatic heterocycles. The molecule has 0 aliphatic rings. The van der Waals surface area contributed by atoms with Gasteiger partial charge in [0.15, 0.2) is 6.29 Å². The van der Waals surface area contributed by atoms with Crippen molar-refractivity contribution in [1.82, 2.24) is 9.97 Å². The fraction of sp³-hybridized carbons (Fsp3) is 0.300. The summed E-state index contributed by atoms with van der Waals surface area (Å²) >= 11 is 0. The maximum Gasteiger partial charge on any atom is 0.330 e. The fourth-order valence-electron chi connectivity index (χ4n) is 0.730. The molecule has 1 rings (SSSR count). The molecule has 0 spiro atoms. The molecule has 0 amide bonds. The number of carboxylic acids is 1. The van der Waals surface area contributed by atoms with Gasteiger partial charge in [0.2, 0.25) is 0 Å². The highest BCUT2D eigenvalue weighted by atomic mass is 16.4. The molecule has 15 heavy (non-hydrogen) atoms. The van der Waals surface area contributed by atoms with Crippen molar-refractivity contribution in [3.63, 3.8) is 0 Å². The van der Waals surface area contributed by atoms with Gasteiger partial charge in [-0.25, -0.2) is 9.78 Å². The zero-order valence-corrected chi connectivity index (χ0v) is 8.73. The van der Waals surface area contributed by atoms with Crippen molar-refractivity contribution >= 4 is 12.3 Å². The van der Waals surface area contributed by atoms with Crippen LogP contribution in [0.5, 0.6) is 0 Å². The average molecular weight is 210 g/mol. The van der Waals surface area contributed by atoms with E-state index >= 15 is 0 Å².